The van der Waals surface area contributed by atoms with Crippen LogP contribution in [0, 0.1) is 11.3 Å². The highest BCUT2D eigenvalue weighted by molar-refractivity contribution is 7.16. The van der Waals surface area contributed by atoms with Crippen molar-refractivity contribution >= 4 is 28.2 Å². The molecule has 8 nitrogen and oxygen atoms in total. The van der Waals surface area contributed by atoms with Crippen LogP contribution < -0.4 is 19.5 Å². The van der Waals surface area contributed by atoms with Crippen LogP contribution >= 0.6 is 11.3 Å². The van der Waals surface area contributed by atoms with Crippen molar-refractivity contribution in [3.05, 3.63) is 33.7 Å². The number of esters is 1. The topological polar surface area (TPSA) is 107 Å². The number of amides is 1. The highest BCUT2D eigenvalue weighted by Gasteiger charge is 2.25. The van der Waals surface area contributed by atoms with Gasteiger partial charge in [-0.05, 0) is 37.0 Å². The number of ether oxygens (including phenoxy) is 4. The molecule has 1 heterocycles. The number of nitriles is 1. The first-order valence-electron chi connectivity index (χ1n) is 8.84. The summed E-state index contributed by atoms with van der Waals surface area (Å²) in [5.41, 5.74) is 1.62. The molecule has 0 spiro atoms. The highest BCUT2D eigenvalue weighted by Crippen LogP contribution is 2.40. The number of aryl methyl sites for hydroxylation is 1. The molecule has 2 aromatic rings. The lowest BCUT2D eigenvalue weighted by Gasteiger charge is -2.15. The minimum absolute atomic E-state index is 0.103. The molecule has 152 valence electrons. The molecule has 0 saturated heterocycles. The maximum Gasteiger partial charge on any atom is 0.342 e. The van der Waals surface area contributed by atoms with Gasteiger partial charge in [0.15, 0.2) is 18.1 Å². The van der Waals surface area contributed by atoms with Crippen molar-refractivity contribution in [2.75, 3.05) is 33.3 Å². The highest BCUT2D eigenvalue weighted by atomic mass is 32.1. The molecule has 9 heteroatoms. The number of anilines is 1. The van der Waals surface area contributed by atoms with Crippen molar-refractivity contribution < 1.29 is 28.5 Å². The van der Waals surface area contributed by atoms with Crippen molar-refractivity contribution in [2.45, 2.75) is 19.3 Å². The zero-order valence-corrected chi connectivity index (χ0v) is 17.1. The first-order valence-corrected chi connectivity index (χ1v) is 9.66. The number of thiophene rings is 1. The lowest BCUT2D eigenvalue weighted by Crippen LogP contribution is -2.21. The Labute approximate surface area is 171 Å². The summed E-state index contributed by atoms with van der Waals surface area (Å²) < 4.78 is 20.8. The average Bonchev–Trinajstić information content (AvgIpc) is 3.31. The summed E-state index contributed by atoms with van der Waals surface area (Å²) >= 11 is 1.40. The van der Waals surface area contributed by atoms with Gasteiger partial charge in [-0.15, -0.1) is 11.3 Å². The molecule has 0 fully saturated rings. The summed E-state index contributed by atoms with van der Waals surface area (Å²) in [6, 6.07) is 5.17. The van der Waals surface area contributed by atoms with Gasteiger partial charge in [-0.1, -0.05) is 0 Å². The maximum absolute atomic E-state index is 12.5. The van der Waals surface area contributed by atoms with Gasteiger partial charge >= 0.3 is 5.97 Å². The van der Waals surface area contributed by atoms with E-state index in [1.165, 1.54) is 38.7 Å². The van der Waals surface area contributed by atoms with Gasteiger partial charge < -0.3 is 24.3 Å². The van der Waals surface area contributed by atoms with Gasteiger partial charge in [0.2, 0.25) is 5.75 Å². The standard InChI is InChI=1S/C20H20N2O6S/c1-25-14-8-7-12(17(26-2)18(14)27-3)20(24)28-10-16(23)22-19-13(9-21)11-5-4-6-15(11)29-19/h7-8H,4-6,10H2,1-3H3,(H,22,23). The smallest absolute Gasteiger partial charge is 0.342 e. The second kappa shape index (κ2) is 8.84. The van der Waals surface area contributed by atoms with Crippen LogP contribution in [0.5, 0.6) is 17.2 Å². The Kier molecular flexibility index (Phi) is 6.24. The third-order valence-corrected chi connectivity index (χ3v) is 5.75. The van der Waals surface area contributed by atoms with E-state index in [1.54, 1.807) is 6.07 Å². The van der Waals surface area contributed by atoms with Crippen LogP contribution in [-0.4, -0.2) is 39.8 Å². The Balaban J connectivity index is 1.69. The van der Waals surface area contributed by atoms with E-state index in [2.05, 4.69) is 11.4 Å². The molecule has 0 radical (unpaired) electrons. The molecule has 0 atom stereocenters. The van der Waals surface area contributed by atoms with E-state index in [4.69, 9.17) is 18.9 Å². The second-order valence-corrected chi connectivity index (χ2v) is 7.28. The molecule has 1 aromatic carbocycles. The van der Waals surface area contributed by atoms with Crippen molar-refractivity contribution in [3.8, 4) is 23.3 Å². The molecule has 0 saturated carbocycles. The zero-order valence-electron chi connectivity index (χ0n) is 16.3. The largest absolute Gasteiger partial charge is 0.493 e. The predicted molar refractivity (Wildman–Crippen MR) is 106 cm³/mol. The van der Waals surface area contributed by atoms with Crippen molar-refractivity contribution in [1.82, 2.24) is 0 Å². The number of hydrogen-bond donors (Lipinski definition) is 1. The molecule has 0 unspecified atom stereocenters. The lowest BCUT2D eigenvalue weighted by atomic mass is 10.1. The number of hydrogen-bond acceptors (Lipinski definition) is 8. The fourth-order valence-electron chi connectivity index (χ4n) is 3.24. The fourth-order valence-corrected chi connectivity index (χ4v) is 4.50. The summed E-state index contributed by atoms with van der Waals surface area (Å²) in [5.74, 6) is -0.464. The van der Waals surface area contributed by atoms with Gasteiger partial charge in [-0.2, -0.15) is 5.26 Å². The summed E-state index contributed by atoms with van der Waals surface area (Å²) in [6.45, 7) is -0.496. The minimum atomic E-state index is -0.743. The van der Waals surface area contributed by atoms with Crippen LogP contribution in [-0.2, 0) is 22.4 Å². The molecular weight excluding hydrogens is 396 g/mol. The average molecular weight is 416 g/mol. The summed E-state index contributed by atoms with van der Waals surface area (Å²) in [6.07, 6.45) is 2.78. The van der Waals surface area contributed by atoms with Crippen molar-refractivity contribution in [3.63, 3.8) is 0 Å². The number of methoxy groups -OCH3 is 3. The summed E-state index contributed by atoms with van der Waals surface area (Å²) in [7, 11) is 4.28. The molecule has 1 aliphatic carbocycles. The van der Waals surface area contributed by atoms with Crippen LogP contribution in [0.25, 0.3) is 0 Å². The molecule has 3 rings (SSSR count). The van der Waals surface area contributed by atoms with Crippen LogP contribution in [0.2, 0.25) is 0 Å². The number of nitrogens with one attached hydrogen (secondary N) is 1. The first-order chi connectivity index (χ1) is 14.0. The molecule has 0 aliphatic heterocycles. The van der Waals surface area contributed by atoms with Gasteiger partial charge in [-0.25, -0.2) is 4.79 Å². The molecule has 1 amide bonds. The number of rotatable bonds is 7. The first kappa shape index (κ1) is 20.5. The number of benzene rings is 1. The van der Waals surface area contributed by atoms with Gasteiger partial charge in [-0.3, -0.25) is 4.79 Å². The normalized spacial score (nSPS) is 11.9. The van der Waals surface area contributed by atoms with Gasteiger partial charge in [0, 0.05) is 4.88 Å². The zero-order chi connectivity index (χ0) is 21.0. The predicted octanol–water partition coefficient (Wildman–Crippen LogP) is 2.93. The summed E-state index contributed by atoms with van der Waals surface area (Å²) in [5, 5.41) is 12.6. The minimum Gasteiger partial charge on any atom is -0.493 e. The Hall–Kier alpha value is -3.25. The van der Waals surface area contributed by atoms with Crippen LogP contribution in [0.3, 0.4) is 0 Å². The number of fused-ring (bicyclic) bond motifs is 1. The van der Waals surface area contributed by atoms with E-state index >= 15 is 0 Å². The molecule has 1 N–H and O–H groups in total. The molecule has 29 heavy (non-hydrogen) atoms. The number of carbonyl (C=O) groups is 2. The van der Waals surface area contributed by atoms with Gasteiger partial charge in [0.1, 0.15) is 16.6 Å². The summed E-state index contributed by atoms with van der Waals surface area (Å²) in [4.78, 5) is 25.8. The van der Waals surface area contributed by atoms with E-state index in [-0.39, 0.29) is 17.1 Å². The SMILES string of the molecule is COc1ccc(C(=O)OCC(=O)Nc2sc3c(c2C#N)CCC3)c(OC)c1OC. The van der Waals surface area contributed by atoms with Crippen LogP contribution in [0.15, 0.2) is 12.1 Å². The van der Waals surface area contributed by atoms with E-state index in [0.717, 1.165) is 29.7 Å². The molecule has 0 bridgehead atoms. The van der Waals surface area contributed by atoms with Crippen LogP contribution in [0.4, 0.5) is 5.00 Å². The second-order valence-electron chi connectivity index (χ2n) is 6.18. The van der Waals surface area contributed by atoms with E-state index in [9.17, 15) is 14.9 Å². The Bertz CT molecular complexity index is 992. The number of carbonyl (C=O) groups excluding carboxylic acids is 2. The third-order valence-electron chi connectivity index (χ3n) is 4.54. The third kappa shape index (κ3) is 3.98. The van der Waals surface area contributed by atoms with E-state index in [1.807, 2.05) is 0 Å². The monoisotopic (exact) mass is 416 g/mol. The van der Waals surface area contributed by atoms with E-state index < -0.39 is 18.5 Å². The maximum atomic E-state index is 12.5. The molecule has 1 aliphatic rings. The van der Waals surface area contributed by atoms with E-state index in [0.29, 0.717) is 16.3 Å². The molecular formula is C20H20N2O6S. The van der Waals surface area contributed by atoms with Crippen molar-refractivity contribution in [2.24, 2.45) is 0 Å². The van der Waals surface area contributed by atoms with Gasteiger partial charge in [0.05, 0.1) is 26.9 Å². The Morgan fingerprint density at radius 1 is 1.14 bits per heavy atom. The quantitative estimate of drug-likeness (QED) is 0.692. The van der Waals surface area contributed by atoms with Gasteiger partial charge in [0.25, 0.3) is 5.91 Å². The van der Waals surface area contributed by atoms with Crippen LogP contribution in [0.1, 0.15) is 32.8 Å². The Morgan fingerprint density at radius 3 is 2.55 bits per heavy atom. The lowest BCUT2D eigenvalue weighted by molar-refractivity contribution is -0.119. The van der Waals surface area contributed by atoms with Crippen molar-refractivity contribution in [1.29, 1.82) is 5.26 Å². The Morgan fingerprint density at radius 2 is 1.90 bits per heavy atom. The molecule has 1 aromatic heterocycles. The number of nitrogens with zero attached hydrogens (tertiary/aromatic N) is 1. The fraction of sp³-hybridized carbons (Fsp3) is 0.350.